The van der Waals surface area contributed by atoms with Gasteiger partial charge in [0.25, 0.3) is 5.56 Å². The highest BCUT2D eigenvalue weighted by atomic mass is 32.5. The van der Waals surface area contributed by atoms with Gasteiger partial charge >= 0.3 is 18.3 Å². The van der Waals surface area contributed by atoms with E-state index in [1.165, 1.54) is 0 Å². The molecule has 0 aliphatic carbocycles. The van der Waals surface area contributed by atoms with Crippen molar-refractivity contribution in [3.05, 3.63) is 63.4 Å². The molecule has 14 heteroatoms. The van der Waals surface area contributed by atoms with E-state index >= 15 is 0 Å². The number of nitrogens with one attached hydrogen (secondary N) is 2. The molecule has 6 atom stereocenters. The predicted molar refractivity (Wildman–Crippen MR) is 150 cm³/mol. The largest absolute Gasteiger partial charge is 0.462 e. The van der Waals surface area contributed by atoms with Crippen molar-refractivity contribution < 1.29 is 33.5 Å². The summed E-state index contributed by atoms with van der Waals surface area (Å²) in [6.07, 6.45) is -3.61. The first-order valence-electron chi connectivity index (χ1n) is 12.6. The minimum atomic E-state index is -3.50. The first kappa shape index (κ1) is 31.7. The molecule has 0 spiro atoms. The van der Waals surface area contributed by atoms with Gasteiger partial charge in [-0.3, -0.25) is 19.1 Å². The summed E-state index contributed by atoms with van der Waals surface area (Å²) < 4.78 is 24.0. The van der Waals surface area contributed by atoms with Gasteiger partial charge in [-0.1, -0.05) is 43.9 Å². The Hall–Kier alpha value is -2.82. The molecule has 0 amide bonds. The highest BCUT2D eigenvalue weighted by Crippen LogP contribution is 2.47. The van der Waals surface area contributed by atoms with Gasteiger partial charge < -0.3 is 28.7 Å². The minimum Gasteiger partial charge on any atom is -0.462 e. The summed E-state index contributed by atoms with van der Waals surface area (Å²) in [4.78, 5) is 38.7. The van der Waals surface area contributed by atoms with Crippen LogP contribution in [0.2, 0.25) is 0 Å². The molecule has 1 aromatic heterocycles. The van der Waals surface area contributed by atoms with Crippen LogP contribution in [0.4, 0.5) is 0 Å². The summed E-state index contributed by atoms with van der Waals surface area (Å²) >= 11 is 5.69. The number of aliphatic hydroxyl groups is 2. The van der Waals surface area contributed by atoms with E-state index in [1.54, 1.807) is 65.0 Å². The SMILES string of the molecule is CC(C)C#CC1(O)C(O)C(COP(=S)(NC(C)C(=O)OC(C)C)Oc2ccccc2)OC1n1ccc(=O)[nH]c1=O. The molecule has 218 valence electrons. The molecule has 1 saturated heterocycles. The van der Waals surface area contributed by atoms with E-state index in [0.717, 1.165) is 16.8 Å². The standard InChI is InChI=1S/C26H34N3O9PS/c1-16(2)11-13-26(34)22(31)20(37-24(26)29-14-12-21(30)27-25(29)33)15-35-39(40,38-19-9-7-6-8-10-19)28-18(5)23(32)36-17(3)4/h6-10,12,14,16-18,20,22,24,31,34H,15H2,1-5H3,(H,28,40)(H,27,30,33). The molecule has 0 bridgehead atoms. The molecule has 6 unspecified atom stereocenters. The highest BCUT2D eigenvalue weighted by molar-refractivity contribution is 8.09. The van der Waals surface area contributed by atoms with Crippen LogP contribution in [-0.4, -0.2) is 62.3 Å². The van der Waals surface area contributed by atoms with Crippen LogP contribution in [-0.2, 0) is 30.6 Å². The van der Waals surface area contributed by atoms with Gasteiger partial charge in [0.05, 0.1) is 12.7 Å². The van der Waals surface area contributed by atoms with E-state index in [1.807, 2.05) is 0 Å². The zero-order chi connectivity index (χ0) is 29.7. The van der Waals surface area contributed by atoms with Crippen molar-refractivity contribution in [2.75, 3.05) is 6.61 Å². The number of para-hydroxylation sites is 1. The van der Waals surface area contributed by atoms with E-state index in [0.29, 0.717) is 5.75 Å². The van der Waals surface area contributed by atoms with Crippen LogP contribution in [0.25, 0.3) is 0 Å². The Balaban J connectivity index is 1.90. The molecule has 3 rings (SSSR count). The van der Waals surface area contributed by atoms with Crippen molar-refractivity contribution in [2.45, 2.75) is 70.8 Å². The van der Waals surface area contributed by atoms with Crippen molar-refractivity contribution in [3.8, 4) is 17.6 Å². The summed E-state index contributed by atoms with van der Waals surface area (Å²) in [5, 5.41) is 25.5. The number of H-pyrrole nitrogens is 1. The number of rotatable bonds is 10. The smallest absolute Gasteiger partial charge is 0.330 e. The number of nitrogens with zero attached hydrogens (tertiary/aromatic N) is 1. The Morgan fingerprint density at radius 3 is 2.50 bits per heavy atom. The lowest BCUT2D eigenvalue weighted by molar-refractivity contribution is -0.149. The number of hydrogen-bond acceptors (Lipinski definition) is 10. The Bertz CT molecular complexity index is 1400. The summed E-state index contributed by atoms with van der Waals surface area (Å²) in [6.45, 7) is 4.63. The number of aromatic nitrogens is 2. The predicted octanol–water partition coefficient (Wildman–Crippen LogP) is 1.44. The van der Waals surface area contributed by atoms with Crippen LogP contribution in [0.1, 0.15) is 40.8 Å². The maximum atomic E-state index is 12.5. The van der Waals surface area contributed by atoms with E-state index < -0.39 is 60.5 Å². The normalized spacial score (nSPS) is 24.7. The fraction of sp³-hybridized carbons (Fsp3) is 0.500. The topological polar surface area (TPSA) is 161 Å². The van der Waals surface area contributed by atoms with Crippen molar-refractivity contribution in [3.63, 3.8) is 0 Å². The second-order valence-corrected chi connectivity index (χ2v) is 12.9. The fourth-order valence-electron chi connectivity index (χ4n) is 3.69. The Morgan fingerprint density at radius 1 is 1.23 bits per heavy atom. The Labute approximate surface area is 236 Å². The lowest BCUT2D eigenvalue weighted by Gasteiger charge is -2.28. The summed E-state index contributed by atoms with van der Waals surface area (Å²) in [5.41, 5.74) is -3.76. The van der Waals surface area contributed by atoms with Gasteiger partial charge in [-0.05, 0) is 44.7 Å². The molecular weight excluding hydrogens is 561 g/mol. The van der Waals surface area contributed by atoms with Crippen molar-refractivity contribution in [1.82, 2.24) is 14.6 Å². The minimum absolute atomic E-state index is 0.179. The number of hydrogen-bond donors (Lipinski definition) is 4. The maximum absolute atomic E-state index is 12.5. The van der Waals surface area contributed by atoms with Gasteiger partial charge in [0, 0.05) is 18.2 Å². The van der Waals surface area contributed by atoms with Crippen LogP contribution in [0.5, 0.6) is 5.75 Å². The lowest BCUT2D eigenvalue weighted by Crippen LogP contribution is -2.48. The number of carbonyl (C=O) groups excluding carboxylic acids is 1. The van der Waals surface area contributed by atoms with E-state index in [4.69, 9.17) is 30.3 Å². The molecular formula is C26H34N3O9PS. The molecule has 12 nitrogen and oxygen atoms in total. The number of aromatic amines is 1. The summed E-state index contributed by atoms with van der Waals surface area (Å²) in [5.74, 6) is 5.04. The molecule has 0 saturated carbocycles. The van der Waals surface area contributed by atoms with Gasteiger partial charge in [0.1, 0.15) is 24.0 Å². The number of aliphatic hydroxyl groups excluding tert-OH is 1. The fourth-order valence-corrected chi connectivity index (χ4v) is 6.11. The Kier molecular flexibility index (Phi) is 10.5. The third-order valence-corrected chi connectivity index (χ3v) is 8.08. The number of esters is 1. The molecule has 1 aliphatic rings. The lowest BCUT2D eigenvalue weighted by atomic mass is 9.94. The maximum Gasteiger partial charge on any atom is 0.330 e. The number of carbonyl (C=O) groups is 1. The van der Waals surface area contributed by atoms with E-state index in [-0.39, 0.29) is 12.0 Å². The highest BCUT2D eigenvalue weighted by Gasteiger charge is 2.56. The summed E-state index contributed by atoms with van der Waals surface area (Å²) in [6, 6.07) is 8.73. The van der Waals surface area contributed by atoms with E-state index in [9.17, 15) is 24.6 Å². The van der Waals surface area contributed by atoms with Crippen LogP contribution in [0.15, 0.2) is 52.2 Å². The molecule has 2 aromatic rings. The van der Waals surface area contributed by atoms with Crippen LogP contribution in [0, 0.1) is 17.8 Å². The van der Waals surface area contributed by atoms with Crippen molar-refractivity contribution in [2.24, 2.45) is 5.92 Å². The van der Waals surface area contributed by atoms with Gasteiger partial charge in [-0.2, -0.15) is 0 Å². The first-order chi connectivity index (χ1) is 18.7. The zero-order valence-corrected chi connectivity index (χ0v) is 24.5. The van der Waals surface area contributed by atoms with Crippen LogP contribution >= 0.6 is 6.64 Å². The summed E-state index contributed by atoms with van der Waals surface area (Å²) in [7, 11) is 0. The third-order valence-electron chi connectivity index (χ3n) is 5.58. The van der Waals surface area contributed by atoms with Crippen LogP contribution < -0.4 is 20.9 Å². The third kappa shape index (κ3) is 7.89. The second kappa shape index (κ2) is 13.2. The van der Waals surface area contributed by atoms with Gasteiger partial charge in [0.2, 0.25) is 0 Å². The zero-order valence-electron chi connectivity index (χ0n) is 22.8. The van der Waals surface area contributed by atoms with E-state index in [2.05, 4.69) is 21.9 Å². The molecule has 1 aromatic carbocycles. The number of ether oxygens (including phenoxy) is 2. The Morgan fingerprint density at radius 2 is 1.90 bits per heavy atom. The van der Waals surface area contributed by atoms with Crippen molar-refractivity contribution in [1.29, 1.82) is 0 Å². The average Bonchev–Trinajstić information content (AvgIpc) is 3.12. The molecule has 0 radical (unpaired) electrons. The van der Waals surface area contributed by atoms with Crippen molar-refractivity contribution >= 4 is 24.4 Å². The quantitative estimate of drug-likeness (QED) is 0.179. The molecule has 40 heavy (non-hydrogen) atoms. The molecule has 2 heterocycles. The first-order valence-corrected chi connectivity index (χ1v) is 15.3. The molecule has 1 fully saturated rings. The van der Waals surface area contributed by atoms with Crippen LogP contribution in [0.3, 0.4) is 0 Å². The number of benzene rings is 1. The average molecular weight is 596 g/mol. The van der Waals surface area contributed by atoms with Gasteiger partial charge in [0.15, 0.2) is 11.8 Å². The van der Waals surface area contributed by atoms with Gasteiger partial charge in [-0.15, -0.1) is 0 Å². The molecule has 1 aliphatic heterocycles. The second-order valence-electron chi connectivity index (χ2n) is 9.77. The molecule has 4 N–H and O–H groups in total. The van der Waals surface area contributed by atoms with Gasteiger partial charge in [-0.25, -0.2) is 9.88 Å². The monoisotopic (exact) mass is 595 g/mol.